The molecule has 3 amide bonds. The predicted octanol–water partition coefficient (Wildman–Crippen LogP) is 0.662. The number of carbonyl (C=O) groups excluding carboxylic acids is 3. The van der Waals surface area contributed by atoms with E-state index in [2.05, 4.69) is 16.0 Å². The molecule has 0 saturated carbocycles. The Bertz CT molecular complexity index is 905. The second kappa shape index (κ2) is 14.8. The van der Waals surface area contributed by atoms with E-state index in [4.69, 9.17) is 10.8 Å². The van der Waals surface area contributed by atoms with Crippen molar-refractivity contribution in [3.05, 3.63) is 35.9 Å². The van der Waals surface area contributed by atoms with Gasteiger partial charge in [0.2, 0.25) is 17.7 Å². The van der Waals surface area contributed by atoms with E-state index < -0.39 is 60.2 Å². The fraction of sp³-hybridized carbons (Fsp3) is 0.560. The topological polar surface area (TPSA) is 188 Å². The van der Waals surface area contributed by atoms with Crippen LogP contribution in [0.5, 0.6) is 0 Å². The second-order valence-electron chi connectivity index (χ2n) is 9.67. The largest absolute Gasteiger partial charge is 0.481 e. The third-order valence-electron chi connectivity index (χ3n) is 5.31. The van der Waals surface area contributed by atoms with Gasteiger partial charge in [-0.2, -0.15) is 0 Å². The van der Waals surface area contributed by atoms with Gasteiger partial charge in [0.25, 0.3) is 0 Å². The van der Waals surface area contributed by atoms with Crippen LogP contribution in [0.2, 0.25) is 0 Å². The molecule has 11 nitrogen and oxygen atoms in total. The van der Waals surface area contributed by atoms with Gasteiger partial charge in [0.1, 0.15) is 18.1 Å². The molecule has 7 N–H and O–H groups in total. The summed E-state index contributed by atoms with van der Waals surface area (Å²) in [7, 11) is 0. The van der Waals surface area contributed by atoms with Gasteiger partial charge in [0, 0.05) is 6.42 Å². The van der Waals surface area contributed by atoms with Crippen LogP contribution in [0.25, 0.3) is 0 Å². The minimum absolute atomic E-state index is 0.00853. The number of hydrogen-bond donors (Lipinski definition) is 6. The van der Waals surface area contributed by atoms with Crippen molar-refractivity contribution in [1.29, 1.82) is 0 Å². The van der Waals surface area contributed by atoms with Crippen molar-refractivity contribution in [3.8, 4) is 0 Å². The van der Waals surface area contributed by atoms with Crippen LogP contribution in [0.1, 0.15) is 52.5 Å². The highest BCUT2D eigenvalue weighted by molar-refractivity contribution is 5.94. The van der Waals surface area contributed by atoms with Crippen molar-refractivity contribution >= 4 is 29.7 Å². The molecule has 200 valence electrons. The minimum atomic E-state index is -1.35. The van der Waals surface area contributed by atoms with Gasteiger partial charge in [-0.25, -0.2) is 4.79 Å². The number of hydrogen-bond acceptors (Lipinski definition) is 6. The molecular weight excluding hydrogens is 468 g/mol. The zero-order valence-electron chi connectivity index (χ0n) is 21.2. The summed E-state index contributed by atoms with van der Waals surface area (Å²) in [4.78, 5) is 61.2. The SMILES string of the molecule is CC(C)CC(NC(=O)C(Cc1ccccc1)NC(=O)C(CC(C)C)NC(=O)C(N)CC(=O)O)C(=O)O. The maximum atomic E-state index is 13.2. The van der Waals surface area contributed by atoms with Crippen LogP contribution in [0.4, 0.5) is 0 Å². The first-order valence-corrected chi connectivity index (χ1v) is 11.9. The standard InChI is InChI=1S/C25H38N4O7/c1-14(2)10-18(27-22(32)17(26)13-21(30)31)23(33)28-19(12-16-8-6-5-7-9-16)24(34)29-20(25(35)36)11-15(3)4/h5-9,14-15,17-20H,10-13,26H2,1-4H3,(H,27,32)(H,28,33)(H,29,34)(H,30,31)(H,35,36). The molecule has 1 aromatic rings. The Kier molecular flexibility index (Phi) is 12.6. The minimum Gasteiger partial charge on any atom is -0.481 e. The zero-order valence-corrected chi connectivity index (χ0v) is 21.2. The summed E-state index contributed by atoms with van der Waals surface area (Å²) in [5.74, 6) is -4.58. The first-order valence-electron chi connectivity index (χ1n) is 11.9. The van der Waals surface area contributed by atoms with E-state index in [1.165, 1.54) is 0 Å². The number of benzene rings is 1. The lowest BCUT2D eigenvalue weighted by atomic mass is 9.99. The summed E-state index contributed by atoms with van der Waals surface area (Å²) in [6, 6.07) is 4.22. The van der Waals surface area contributed by atoms with Crippen LogP contribution >= 0.6 is 0 Å². The van der Waals surface area contributed by atoms with Gasteiger partial charge < -0.3 is 31.9 Å². The quantitative estimate of drug-likeness (QED) is 0.200. The third-order valence-corrected chi connectivity index (χ3v) is 5.31. The summed E-state index contributed by atoms with van der Waals surface area (Å²) in [6.45, 7) is 7.33. The van der Waals surface area contributed by atoms with Crippen molar-refractivity contribution in [2.24, 2.45) is 17.6 Å². The van der Waals surface area contributed by atoms with Gasteiger partial charge in [0.05, 0.1) is 12.5 Å². The Balaban J connectivity index is 3.12. The molecule has 0 aliphatic heterocycles. The van der Waals surface area contributed by atoms with E-state index in [9.17, 15) is 29.1 Å². The molecule has 0 fully saturated rings. The smallest absolute Gasteiger partial charge is 0.326 e. The summed E-state index contributed by atoms with van der Waals surface area (Å²) in [5, 5.41) is 26.0. The zero-order chi connectivity index (χ0) is 27.4. The average molecular weight is 507 g/mol. The van der Waals surface area contributed by atoms with Crippen LogP contribution in [0.15, 0.2) is 30.3 Å². The van der Waals surface area contributed by atoms with Crippen LogP contribution in [-0.2, 0) is 30.4 Å². The fourth-order valence-electron chi connectivity index (χ4n) is 3.56. The summed E-state index contributed by atoms with van der Waals surface area (Å²) in [6.07, 6.45) is -0.0939. The van der Waals surface area contributed by atoms with Crippen LogP contribution in [-0.4, -0.2) is 64.0 Å². The lowest BCUT2D eigenvalue weighted by Gasteiger charge is -2.26. The van der Waals surface area contributed by atoms with Crippen molar-refractivity contribution in [1.82, 2.24) is 16.0 Å². The molecule has 11 heteroatoms. The number of carbonyl (C=O) groups is 5. The monoisotopic (exact) mass is 506 g/mol. The predicted molar refractivity (Wildman–Crippen MR) is 133 cm³/mol. The van der Waals surface area contributed by atoms with Gasteiger partial charge in [-0.3, -0.25) is 19.2 Å². The number of aliphatic carboxylic acids is 2. The first-order chi connectivity index (χ1) is 16.8. The normalized spacial score (nSPS) is 14.4. The highest BCUT2D eigenvalue weighted by Gasteiger charge is 2.31. The number of nitrogens with two attached hydrogens (primary N) is 1. The molecule has 36 heavy (non-hydrogen) atoms. The molecule has 0 bridgehead atoms. The van der Waals surface area contributed by atoms with Crippen molar-refractivity contribution in [2.75, 3.05) is 0 Å². The highest BCUT2D eigenvalue weighted by Crippen LogP contribution is 2.10. The number of amides is 3. The number of nitrogens with one attached hydrogen (secondary N) is 3. The van der Waals surface area contributed by atoms with E-state index in [0.717, 1.165) is 5.56 Å². The molecule has 4 unspecified atom stereocenters. The van der Waals surface area contributed by atoms with Crippen LogP contribution < -0.4 is 21.7 Å². The molecular formula is C25H38N4O7. The van der Waals surface area contributed by atoms with E-state index >= 15 is 0 Å². The van der Waals surface area contributed by atoms with E-state index in [0.29, 0.717) is 0 Å². The Labute approximate surface area is 211 Å². The summed E-state index contributed by atoms with van der Waals surface area (Å²) in [5.41, 5.74) is 6.37. The Morgan fingerprint density at radius 1 is 0.750 bits per heavy atom. The van der Waals surface area contributed by atoms with Crippen LogP contribution in [0, 0.1) is 11.8 Å². The van der Waals surface area contributed by atoms with E-state index in [1.807, 2.05) is 27.7 Å². The number of carboxylic acids is 2. The van der Waals surface area contributed by atoms with E-state index in [1.54, 1.807) is 30.3 Å². The van der Waals surface area contributed by atoms with Gasteiger partial charge >= 0.3 is 11.9 Å². The maximum absolute atomic E-state index is 13.2. The molecule has 1 rings (SSSR count). The maximum Gasteiger partial charge on any atom is 0.326 e. The lowest BCUT2D eigenvalue weighted by Crippen LogP contribution is -2.58. The molecule has 4 atom stereocenters. The summed E-state index contributed by atoms with van der Waals surface area (Å²) < 4.78 is 0. The molecule has 1 aromatic carbocycles. The van der Waals surface area contributed by atoms with Crippen molar-refractivity contribution in [3.63, 3.8) is 0 Å². The number of carboxylic acid groups (broad SMARTS) is 2. The highest BCUT2D eigenvalue weighted by atomic mass is 16.4. The van der Waals surface area contributed by atoms with Crippen LogP contribution in [0.3, 0.4) is 0 Å². The van der Waals surface area contributed by atoms with E-state index in [-0.39, 0.29) is 31.1 Å². The molecule has 0 aromatic heterocycles. The second-order valence-corrected chi connectivity index (χ2v) is 9.67. The Morgan fingerprint density at radius 2 is 1.22 bits per heavy atom. The van der Waals surface area contributed by atoms with Crippen molar-refractivity contribution < 1.29 is 34.2 Å². The Hall–Kier alpha value is -3.47. The van der Waals surface area contributed by atoms with Gasteiger partial charge in [0.15, 0.2) is 0 Å². The number of rotatable bonds is 15. The molecule has 0 spiro atoms. The summed E-state index contributed by atoms with van der Waals surface area (Å²) >= 11 is 0. The average Bonchev–Trinajstić information content (AvgIpc) is 2.77. The van der Waals surface area contributed by atoms with Gasteiger partial charge in [-0.15, -0.1) is 0 Å². The molecule has 0 aliphatic rings. The lowest BCUT2D eigenvalue weighted by molar-refractivity contribution is -0.142. The molecule has 0 aliphatic carbocycles. The fourth-order valence-corrected chi connectivity index (χ4v) is 3.56. The van der Waals surface area contributed by atoms with Crippen molar-refractivity contribution in [2.45, 2.75) is 77.5 Å². The molecule has 0 radical (unpaired) electrons. The third kappa shape index (κ3) is 11.3. The molecule has 0 saturated heterocycles. The first kappa shape index (κ1) is 30.6. The molecule has 0 heterocycles. The van der Waals surface area contributed by atoms with Gasteiger partial charge in [-0.05, 0) is 30.2 Å². The van der Waals surface area contributed by atoms with Gasteiger partial charge in [-0.1, -0.05) is 58.0 Å². The Morgan fingerprint density at radius 3 is 1.72 bits per heavy atom.